The maximum absolute atomic E-state index is 11.2. The monoisotopic (exact) mass is 299 g/mol. The van der Waals surface area contributed by atoms with Crippen LogP contribution < -0.4 is 5.32 Å². The van der Waals surface area contributed by atoms with Crippen molar-refractivity contribution in [3.8, 4) is 0 Å². The van der Waals surface area contributed by atoms with Crippen LogP contribution in [0.25, 0.3) is 0 Å². The molecule has 0 aliphatic carbocycles. The lowest BCUT2D eigenvalue weighted by Crippen LogP contribution is -2.43. The standard InChI is InChI=1S/C14H18ClNO2S/c1-2-3-8-14(10-4-6-11(15)7-5-10)16-12(9-19-14)13(17)18/h4-7,12,16H,2-3,8-9H2,1H3,(H,17,18). The Morgan fingerprint density at radius 3 is 2.74 bits per heavy atom. The van der Waals surface area contributed by atoms with Crippen molar-refractivity contribution in [3.63, 3.8) is 0 Å². The molecule has 2 unspecified atom stereocenters. The second-order valence-electron chi connectivity index (χ2n) is 4.78. The predicted octanol–water partition coefficient (Wildman–Crippen LogP) is 3.47. The van der Waals surface area contributed by atoms with E-state index in [4.69, 9.17) is 16.7 Å². The van der Waals surface area contributed by atoms with Crippen LogP contribution in [0.1, 0.15) is 31.7 Å². The minimum atomic E-state index is -0.778. The van der Waals surface area contributed by atoms with Crippen molar-refractivity contribution >= 4 is 29.3 Å². The van der Waals surface area contributed by atoms with Gasteiger partial charge in [-0.05, 0) is 24.1 Å². The fraction of sp³-hybridized carbons (Fsp3) is 0.500. The van der Waals surface area contributed by atoms with E-state index in [0.717, 1.165) is 24.8 Å². The van der Waals surface area contributed by atoms with E-state index in [1.165, 1.54) is 0 Å². The molecule has 0 spiro atoms. The third-order valence-electron chi connectivity index (χ3n) is 3.39. The van der Waals surface area contributed by atoms with Gasteiger partial charge in [-0.3, -0.25) is 10.1 Å². The van der Waals surface area contributed by atoms with Gasteiger partial charge >= 0.3 is 5.97 Å². The summed E-state index contributed by atoms with van der Waals surface area (Å²) in [6.07, 6.45) is 3.09. The molecule has 0 radical (unpaired) electrons. The van der Waals surface area contributed by atoms with Crippen molar-refractivity contribution in [2.24, 2.45) is 0 Å². The number of thioether (sulfide) groups is 1. The minimum absolute atomic E-state index is 0.288. The zero-order valence-electron chi connectivity index (χ0n) is 10.9. The SMILES string of the molecule is CCCCC1(c2ccc(Cl)cc2)NC(C(=O)O)CS1. The Hall–Kier alpha value is -0.710. The van der Waals surface area contributed by atoms with Crippen LogP contribution in [0, 0.1) is 0 Å². The molecule has 104 valence electrons. The van der Waals surface area contributed by atoms with Crippen LogP contribution >= 0.6 is 23.4 Å². The zero-order valence-corrected chi connectivity index (χ0v) is 12.4. The fourth-order valence-corrected chi connectivity index (χ4v) is 3.94. The van der Waals surface area contributed by atoms with Gasteiger partial charge in [0, 0.05) is 10.8 Å². The summed E-state index contributed by atoms with van der Waals surface area (Å²) in [5.74, 6) is -0.179. The summed E-state index contributed by atoms with van der Waals surface area (Å²) in [6, 6.07) is 7.23. The van der Waals surface area contributed by atoms with E-state index in [2.05, 4.69) is 12.2 Å². The highest BCUT2D eigenvalue weighted by atomic mass is 35.5. The van der Waals surface area contributed by atoms with Gasteiger partial charge in [0.2, 0.25) is 0 Å². The van der Waals surface area contributed by atoms with Crippen molar-refractivity contribution in [2.75, 3.05) is 5.75 Å². The van der Waals surface area contributed by atoms with E-state index in [-0.39, 0.29) is 4.87 Å². The number of nitrogens with one attached hydrogen (secondary N) is 1. The maximum Gasteiger partial charge on any atom is 0.321 e. The summed E-state index contributed by atoms with van der Waals surface area (Å²) < 4.78 is 0. The largest absolute Gasteiger partial charge is 0.480 e. The van der Waals surface area contributed by atoms with Gasteiger partial charge in [-0.25, -0.2) is 0 Å². The Balaban J connectivity index is 2.25. The normalized spacial score (nSPS) is 26.5. The number of rotatable bonds is 5. The second kappa shape index (κ2) is 6.16. The topological polar surface area (TPSA) is 49.3 Å². The molecule has 1 aromatic carbocycles. The highest BCUT2D eigenvalue weighted by Gasteiger charge is 2.42. The fourth-order valence-electron chi connectivity index (χ4n) is 2.32. The molecule has 3 nitrogen and oxygen atoms in total. The molecule has 1 aromatic rings. The summed E-state index contributed by atoms with van der Waals surface area (Å²) in [5, 5.41) is 13.2. The van der Waals surface area contributed by atoms with Gasteiger partial charge in [0.05, 0.1) is 4.87 Å². The Labute approximate surface area is 122 Å². The lowest BCUT2D eigenvalue weighted by molar-refractivity contribution is -0.138. The molecule has 1 saturated heterocycles. The first-order valence-electron chi connectivity index (χ1n) is 6.48. The summed E-state index contributed by atoms with van der Waals surface area (Å²) in [4.78, 5) is 10.9. The molecular weight excluding hydrogens is 282 g/mol. The van der Waals surface area contributed by atoms with Crippen molar-refractivity contribution in [1.29, 1.82) is 0 Å². The van der Waals surface area contributed by atoms with Gasteiger partial charge in [-0.1, -0.05) is 43.5 Å². The molecule has 5 heteroatoms. The van der Waals surface area contributed by atoms with Crippen LogP contribution in [0.2, 0.25) is 5.02 Å². The molecule has 1 heterocycles. The van der Waals surface area contributed by atoms with Crippen molar-refractivity contribution in [2.45, 2.75) is 37.1 Å². The number of carbonyl (C=O) groups is 1. The number of aliphatic carboxylic acids is 1. The highest BCUT2D eigenvalue weighted by molar-refractivity contribution is 8.00. The van der Waals surface area contributed by atoms with E-state index >= 15 is 0 Å². The Kier molecular flexibility index (Phi) is 4.76. The average Bonchev–Trinajstić information content (AvgIpc) is 2.83. The highest BCUT2D eigenvalue weighted by Crippen LogP contribution is 2.43. The molecule has 0 aromatic heterocycles. The van der Waals surface area contributed by atoms with Gasteiger partial charge in [0.25, 0.3) is 0 Å². The third-order valence-corrected chi connectivity index (χ3v) is 5.20. The second-order valence-corrected chi connectivity index (χ2v) is 6.54. The van der Waals surface area contributed by atoms with Crippen LogP contribution in [0.15, 0.2) is 24.3 Å². The molecule has 2 N–H and O–H groups in total. The molecule has 19 heavy (non-hydrogen) atoms. The number of hydrogen-bond acceptors (Lipinski definition) is 3. The number of benzene rings is 1. The van der Waals surface area contributed by atoms with Crippen LogP contribution in [-0.2, 0) is 9.67 Å². The van der Waals surface area contributed by atoms with Gasteiger partial charge in [-0.15, -0.1) is 11.8 Å². The van der Waals surface area contributed by atoms with Crippen molar-refractivity contribution in [1.82, 2.24) is 5.32 Å². The van der Waals surface area contributed by atoms with Crippen LogP contribution in [-0.4, -0.2) is 22.9 Å². The molecular formula is C14H18ClNO2S. The molecule has 2 rings (SSSR count). The van der Waals surface area contributed by atoms with E-state index in [1.807, 2.05) is 24.3 Å². The Morgan fingerprint density at radius 1 is 1.53 bits per heavy atom. The summed E-state index contributed by atoms with van der Waals surface area (Å²) in [7, 11) is 0. The van der Waals surface area contributed by atoms with Crippen LogP contribution in [0.3, 0.4) is 0 Å². The van der Waals surface area contributed by atoms with Gasteiger partial charge < -0.3 is 5.11 Å². The van der Waals surface area contributed by atoms with E-state index in [1.54, 1.807) is 11.8 Å². The number of carboxylic acids is 1. The number of halogens is 1. The molecule has 0 saturated carbocycles. The summed E-state index contributed by atoms with van der Waals surface area (Å²) in [6.45, 7) is 2.14. The zero-order chi connectivity index (χ0) is 13.9. The van der Waals surface area contributed by atoms with E-state index < -0.39 is 12.0 Å². The van der Waals surface area contributed by atoms with Gasteiger partial charge in [0.1, 0.15) is 6.04 Å². The van der Waals surface area contributed by atoms with Gasteiger partial charge in [0.15, 0.2) is 0 Å². The van der Waals surface area contributed by atoms with E-state index in [9.17, 15) is 4.79 Å². The molecule has 0 bridgehead atoms. The van der Waals surface area contributed by atoms with Crippen molar-refractivity contribution < 1.29 is 9.90 Å². The molecule has 2 atom stereocenters. The van der Waals surface area contributed by atoms with Gasteiger partial charge in [-0.2, -0.15) is 0 Å². The van der Waals surface area contributed by atoms with Crippen LogP contribution in [0.4, 0.5) is 0 Å². The van der Waals surface area contributed by atoms with E-state index in [0.29, 0.717) is 10.8 Å². The summed E-state index contributed by atoms with van der Waals surface area (Å²) in [5.41, 5.74) is 1.11. The third kappa shape index (κ3) is 3.25. The first-order valence-corrected chi connectivity index (χ1v) is 7.84. The number of hydrogen-bond donors (Lipinski definition) is 2. The molecule has 1 aliphatic heterocycles. The lowest BCUT2D eigenvalue weighted by atomic mass is 9.99. The summed E-state index contributed by atoms with van der Waals surface area (Å²) >= 11 is 7.62. The number of unbranched alkanes of at least 4 members (excludes halogenated alkanes) is 1. The molecule has 1 aliphatic rings. The molecule has 0 amide bonds. The van der Waals surface area contributed by atoms with Crippen LogP contribution in [0.5, 0.6) is 0 Å². The van der Waals surface area contributed by atoms with Crippen molar-refractivity contribution in [3.05, 3.63) is 34.9 Å². The average molecular weight is 300 g/mol. The maximum atomic E-state index is 11.2. The number of carboxylic acid groups (broad SMARTS) is 1. The Bertz CT molecular complexity index is 451. The first kappa shape index (κ1) is 14.7. The lowest BCUT2D eigenvalue weighted by Gasteiger charge is -2.30. The predicted molar refractivity (Wildman–Crippen MR) is 79.7 cm³/mol. The molecule has 1 fully saturated rings. The quantitative estimate of drug-likeness (QED) is 0.874. The first-order chi connectivity index (χ1) is 9.07. The minimum Gasteiger partial charge on any atom is -0.480 e. The smallest absolute Gasteiger partial charge is 0.321 e. The Morgan fingerprint density at radius 2 is 2.21 bits per heavy atom.